The number of hydrogen-bond acceptors (Lipinski definition) is 8. The van der Waals surface area contributed by atoms with Gasteiger partial charge in [-0.3, -0.25) is 9.36 Å². The van der Waals surface area contributed by atoms with Gasteiger partial charge in [-0.15, -0.1) is 0 Å². The highest BCUT2D eigenvalue weighted by Gasteiger charge is 2.40. The molecule has 2 saturated carbocycles. The lowest BCUT2D eigenvalue weighted by atomic mass is 10.0. The number of carboxylic acids is 1. The number of aromatic carboxylic acids is 1. The Labute approximate surface area is 220 Å². The molecule has 1 atom stereocenters. The summed E-state index contributed by atoms with van der Waals surface area (Å²) < 4.78 is 7.39. The van der Waals surface area contributed by atoms with Crippen LogP contribution < -0.4 is 20.3 Å². The van der Waals surface area contributed by atoms with E-state index in [0.717, 1.165) is 44.3 Å². The van der Waals surface area contributed by atoms with E-state index in [1.807, 2.05) is 4.57 Å². The molecule has 0 unspecified atom stereocenters. The zero-order valence-electron chi connectivity index (χ0n) is 21.5. The molecule has 11 heteroatoms. The van der Waals surface area contributed by atoms with Gasteiger partial charge in [-0.1, -0.05) is 19.8 Å². The number of nitrogens with zero attached hydrogens (tertiary/aromatic N) is 5. The number of carbonyl (C=O) groups excluding carboxylic acids is 1. The molecule has 1 aromatic carbocycles. The minimum Gasteiger partial charge on any atom is -0.495 e. The van der Waals surface area contributed by atoms with E-state index in [2.05, 4.69) is 32.4 Å². The molecule has 0 saturated heterocycles. The predicted octanol–water partition coefficient (Wildman–Crippen LogP) is 4.22. The average molecular weight is 518 g/mol. The number of fused-ring (bicyclic) bond motifs is 3. The fourth-order valence-electron chi connectivity index (χ4n) is 5.65. The number of benzene rings is 1. The van der Waals surface area contributed by atoms with E-state index in [9.17, 15) is 14.7 Å². The van der Waals surface area contributed by atoms with Crippen molar-refractivity contribution in [2.75, 3.05) is 17.3 Å². The maximum Gasteiger partial charge on any atom is 0.356 e. The molecule has 198 valence electrons. The van der Waals surface area contributed by atoms with Crippen LogP contribution in [0.3, 0.4) is 0 Å². The van der Waals surface area contributed by atoms with Crippen molar-refractivity contribution in [1.82, 2.24) is 24.8 Å². The molecule has 0 bridgehead atoms. The Hall–Kier alpha value is -4.15. The first-order chi connectivity index (χ1) is 18.5. The number of rotatable bonds is 8. The number of anilines is 3. The van der Waals surface area contributed by atoms with Crippen molar-refractivity contribution in [2.24, 2.45) is 0 Å². The summed E-state index contributed by atoms with van der Waals surface area (Å²) >= 11 is 0. The number of carbonyl (C=O) groups is 2. The molecule has 3 aliphatic rings. The molecule has 2 aromatic heterocycles. The van der Waals surface area contributed by atoms with Gasteiger partial charge < -0.3 is 25.4 Å². The summed E-state index contributed by atoms with van der Waals surface area (Å²) in [4.78, 5) is 40.5. The van der Waals surface area contributed by atoms with Crippen LogP contribution in [0.4, 0.5) is 17.5 Å². The minimum absolute atomic E-state index is 0.0725. The zero-order chi connectivity index (χ0) is 26.4. The molecule has 2 aliphatic carbocycles. The van der Waals surface area contributed by atoms with E-state index < -0.39 is 5.97 Å². The van der Waals surface area contributed by atoms with E-state index in [4.69, 9.17) is 9.72 Å². The molecule has 6 rings (SSSR count). The van der Waals surface area contributed by atoms with Crippen LogP contribution in [0, 0.1) is 0 Å². The SMILES string of the molecule is CC[C@@H]1c2c(C(=O)O)ncn2-c2cnc(Nc3ccc(C(=O)NC4CC4)cc3OC)nc2N1C1CCCC1. The van der Waals surface area contributed by atoms with Gasteiger partial charge in [0, 0.05) is 17.6 Å². The van der Waals surface area contributed by atoms with Crippen molar-refractivity contribution < 1.29 is 19.4 Å². The van der Waals surface area contributed by atoms with E-state index in [1.54, 1.807) is 37.8 Å². The van der Waals surface area contributed by atoms with E-state index in [1.165, 1.54) is 0 Å². The number of hydrogen-bond donors (Lipinski definition) is 3. The summed E-state index contributed by atoms with van der Waals surface area (Å²) in [7, 11) is 1.56. The molecular formula is C27H31N7O4. The van der Waals surface area contributed by atoms with Crippen molar-refractivity contribution in [2.45, 2.75) is 70.0 Å². The standard InChI is InChI=1S/C27H31N7O4/c1-3-19-23-22(26(36)37)29-14-33(23)20-13-28-27(32-24(20)34(19)17-6-4-5-7-17)31-18-11-8-15(12-21(18)38-2)25(35)30-16-9-10-16/h8,11-14,16-17,19H,3-7,9-10H2,1-2H3,(H,30,35)(H,36,37)(H,28,31,32)/t19-/m1/s1. The average Bonchev–Trinajstić information content (AvgIpc) is 3.37. The number of nitrogens with one attached hydrogen (secondary N) is 2. The lowest BCUT2D eigenvalue weighted by Gasteiger charge is -2.42. The molecule has 0 spiro atoms. The van der Waals surface area contributed by atoms with E-state index in [0.29, 0.717) is 40.8 Å². The van der Waals surface area contributed by atoms with Gasteiger partial charge in [-0.2, -0.15) is 4.98 Å². The largest absolute Gasteiger partial charge is 0.495 e. The molecule has 11 nitrogen and oxygen atoms in total. The summed E-state index contributed by atoms with van der Waals surface area (Å²) in [6.45, 7) is 2.06. The Balaban J connectivity index is 1.37. The highest BCUT2D eigenvalue weighted by atomic mass is 16.5. The first-order valence-electron chi connectivity index (χ1n) is 13.2. The third kappa shape index (κ3) is 4.21. The summed E-state index contributed by atoms with van der Waals surface area (Å²) in [5.74, 6) is 0.501. The van der Waals surface area contributed by atoms with Crippen LogP contribution in [-0.2, 0) is 0 Å². The van der Waals surface area contributed by atoms with Crippen molar-refractivity contribution in [3.8, 4) is 11.4 Å². The van der Waals surface area contributed by atoms with Crippen LogP contribution in [0.1, 0.15) is 84.5 Å². The maximum atomic E-state index is 12.5. The number of ether oxygens (including phenoxy) is 1. The van der Waals surface area contributed by atoms with E-state index >= 15 is 0 Å². The predicted molar refractivity (Wildman–Crippen MR) is 141 cm³/mol. The normalized spacial score (nSPS) is 18.6. The summed E-state index contributed by atoms with van der Waals surface area (Å²) in [5.41, 5.74) is 2.63. The lowest BCUT2D eigenvalue weighted by Crippen LogP contribution is -2.42. The first-order valence-corrected chi connectivity index (χ1v) is 13.2. The van der Waals surface area contributed by atoms with Gasteiger partial charge in [-0.05, 0) is 50.3 Å². The lowest BCUT2D eigenvalue weighted by molar-refractivity contribution is 0.0688. The molecule has 1 aliphatic heterocycles. The first kappa shape index (κ1) is 24.2. The van der Waals surface area contributed by atoms with Crippen LogP contribution in [0.25, 0.3) is 5.69 Å². The second-order valence-corrected chi connectivity index (χ2v) is 10.1. The third-order valence-electron chi connectivity index (χ3n) is 7.64. The Kier molecular flexibility index (Phi) is 6.13. The van der Waals surface area contributed by atoms with E-state index in [-0.39, 0.29) is 29.7 Å². The highest BCUT2D eigenvalue weighted by Crippen LogP contribution is 2.44. The second kappa shape index (κ2) is 9.62. The molecule has 38 heavy (non-hydrogen) atoms. The Bertz CT molecular complexity index is 1390. The van der Waals surface area contributed by atoms with Crippen molar-refractivity contribution >= 4 is 29.3 Å². The van der Waals surface area contributed by atoms with Gasteiger partial charge in [0.05, 0.1) is 30.7 Å². The second-order valence-electron chi connectivity index (χ2n) is 10.1. The fraction of sp³-hybridized carbons (Fsp3) is 0.444. The van der Waals surface area contributed by atoms with Gasteiger partial charge in [-0.25, -0.2) is 14.8 Å². The van der Waals surface area contributed by atoms with Crippen LogP contribution >= 0.6 is 0 Å². The zero-order valence-corrected chi connectivity index (χ0v) is 21.5. The van der Waals surface area contributed by atoms with Crippen LogP contribution in [0.2, 0.25) is 0 Å². The maximum absolute atomic E-state index is 12.5. The fourth-order valence-corrected chi connectivity index (χ4v) is 5.65. The van der Waals surface area contributed by atoms with Gasteiger partial charge >= 0.3 is 5.97 Å². The van der Waals surface area contributed by atoms with Gasteiger partial charge in [0.25, 0.3) is 5.91 Å². The number of imidazole rings is 1. The van der Waals surface area contributed by atoms with Gasteiger partial charge in [0.1, 0.15) is 17.8 Å². The number of carboxylic acid groups (broad SMARTS) is 1. The Morgan fingerprint density at radius 2 is 1.95 bits per heavy atom. The van der Waals surface area contributed by atoms with Gasteiger partial charge in [0.2, 0.25) is 5.95 Å². The van der Waals surface area contributed by atoms with Crippen LogP contribution in [-0.4, -0.2) is 55.7 Å². The highest BCUT2D eigenvalue weighted by molar-refractivity contribution is 5.95. The minimum atomic E-state index is -1.03. The van der Waals surface area contributed by atoms with Crippen molar-refractivity contribution in [3.05, 3.63) is 47.7 Å². The van der Waals surface area contributed by atoms with Crippen LogP contribution in [0.15, 0.2) is 30.7 Å². The quantitative estimate of drug-likeness (QED) is 0.401. The monoisotopic (exact) mass is 517 g/mol. The number of methoxy groups -OCH3 is 1. The Morgan fingerprint density at radius 1 is 1.16 bits per heavy atom. The number of aromatic nitrogens is 4. The topological polar surface area (TPSA) is 134 Å². The Morgan fingerprint density at radius 3 is 2.63 bits per heavy atom. The van der Waals surface area contributed by atoms with Crippen molar-refractivity contribution in [1.29, 1.82) is 0 Å². The molecule has 1 amide bonds. The summed E-state index contributed by atoms with van der Waals surface area (Å²) in [5, 5.41) is 16.1. The van der Waals surface area contributed by atoms with Gasteiger partial charge in [0.15, 0.2) is 11.5 Å². The third-order valence-corrected chi connectivity index (χ3v) is 7.64. The summed E-state index contributed by atoms with van der Waals surface area (Å²) in [6, 6.07) is 5.62. The molecule has 0 radical (unpaired) electrons. The molecule has 2 fully saturated rings. The molecule has 3 N–H and O–H groups in total. The smallest absolute Gasteiger partial charge is 0.356 e. The number of amides is 1. The van der Waals surface area contributed by atoms with Crippen molar-refractivity contribution in [3.63, 3.8) is 0 Å². The molecule has 3 heterocycles. The summed E-state index contributed by atoms with van der Waals surface area (Å²) in [6.07, 6.45) is 10.3. The molecule has 3 aromatic rings. The van der Waals surface area contributed by atoms with Crippen LogP contribution in [0.5, 0.6) is 5.75 Å². The molecular weight excluding hydrogens is 486 g/mol.